The van der Waals surface area contributed by atoms with Crippen molar-refractivity contribution in [2.45, 2.75) is 31.2 Å². The first-order chi connectivity index (χ1) is 8.27. The van der Waals surface area contributed by atoms with Crippen LogP contribution in [0.2, 0.25) is 0 Å². The Balaban J connectivity index is 1.79. The Morgan fingerprint density at radius 2 is 2.00 bits per heavy atom. The van der Waals surface area contributed by atoms with Gasteiger partial charge in [0.2, 0.25) is 0 Å². The Morgan fingerprint density at radius 1 is 1.24 bits per heavy atom. The van der Waals surface area contributed by atoms with E-state index in [1.165, 1.54) is 24.0 Å². The first kappa shape index (κ1) is 10.5. The van der Waals surface area contributed by atoms with Crippen molar-refractivity contribution in [1.29, 1.82) is 0 Å². The summed E-state index contributed by atoms with van der Waals surface area (Å²) in [6.07, 6.45) is 6.34. The zero-order valence-corrected chi connectivity index (χ0v) is 9.82. The van der Waals surface area contributed by atoms with Gasteiger partial charge in [-0.05, 0) is 36.8 Å². The third kappa shape index (κ3) is 2.24. The van der Waals surface area contributed by atoms with Crippen molar-refractivity contribution in [2.75, 3.05) is 0 Å². The number of aromatic nitrogens is 2. The summed E-state index contributed by atoms with van der Waals surface area (Å²) in [7, 11) is 0. The number of H-pyrrole nitrogens is 1. The third-order valence-corrected chi connectivity index (χ3v) is 3.56. The molecule has 3 rings (SSSR count). The zero-order chi connectivity index (χ0) is 11.7. The zero-order valence-electron chi connectivity index (χ0n) is 9.82. The maximum atomic E-state index is 6.12. The van der Waals surface area contributed by atoms with Crippen LogP contribution in [0.4, 0.5) is 0 Å². The predicted octanol–water partition coefficient (Wildman–Crippen LogP) is 2.50. The molecule has 1 aromatic heterocycles. The minimum atomic E-state index is 0.116. The van der Waals surface area contributed by atoms with E-state index in [-0.39, 0.29) is 5.54 Å². The number of benzene rings is 1. The quantitative estimate of drug-likeness (QED) is 0.843. The lowest BCUT2D eigenvalue weighted by Crippen LogP contribution is -2.22. The van der Waals surface area contributed by atoms with Gasteiger partial charge < -0.3 is 5.73 Å². The van der Waals surface area contributed by atoms with E-state index in [4.69, 9.17) is 5.73 Å². The van der Waals surface area contributed by atoms with Gasteiger partial charge in [0, 0.05) is 5.54 Å². The monoisotopic (exact) mass is 227 g/mol. The summed E-state index contributed by atoms with van der Waals surface area (Å²) in [5.74, 6) is 0. The summed E-state index contributed by atoms with van der Waals surface area (Å²) in [6, 6.07) is 10.3. The van der Waals surface area contributed by atoms with Crippen LogP contribution >= 0.6 is 0 Å². The lowest BCUT2D eigenvalue weighted by molar-refractivity contribution is 0.610. The summed E-state index contributed by atoms with van der Waals surface area (Å²) in [5.41, 5.74) is 9.84. The fourth-order valence-corrected chi connectivity index (χ4v) is 2.15. The van der Waals surface area contributed by atoms with Gasteiger partial charge in [-0.25, -0.2) is 0 Å². The first-order valence-corrected chi connectivity index (χ1v) is 6.13. The largest absolute Gasteiger partial charge is 0.325 e. The van der Waals surface area contributed by atoms with Crippen LogP contribution in [0.15, 0.2) is 36.5 Å². The van der Waals surface area contributed by atoms with Crippen molar-refractivity contribution in [3.05, 3.63) is 42.1 Å². The first-order valence-electron chi connectivity index (χ1n) is 6.13. The molecular formula is C14H17N3. The van der Waals surface area contributed by atoms with Crippen LogP contribution in [0.3, 0.4) is 0 Å². The van der Waals surface area contributed by atoms with Crippen molar-refractivity contribution in [3.8, 4) is 11.3 Å². The molecule has 3 nitrogen and oxygen atoms in total. The fraction of sp³-hybridized carbons (Fsp3) is 0.357. The minimum absolute atomic E-state index is 0.116. The predicted molar refractivity (Wildman–Crippen MR) is 68.5 cm³/mol. The Labute approximate surface area is 101 Å². The molecule has 0 bridgehead atoms. The second-order valence-corrected chi connectivity index (χ2v) is 5.00. The Morgan fingerprint density at radius 3 is 2.71 bits per heavy atom. The van der Waals surface area contributed by atoms with Gasteiger partial charge >= 0.3 is 0 Å². The van der Waals surface area contributed by atoms with Gasteiger partial charge in [-0.15, -0.1) is 0 Å². The van der Waals surface area contributed by atoms with Crippen LogP contribution in [0.25, 0.3) is 11.3 Å². The highest BCUT2D eigenvalue weighted by Crippen LogP contribution is 2.37. The molecule has 3 N–H and O–H groups in total. The summed E-state index contributed by atoms with van der Waals surface area (Å²) in [6.45, 7) is 0. The molecule has 88 valence electrons. The highest BCUT2D eigenvalue weighted by atomic mass is 15.1. The van der Waals surface area contributed by atoms with Crippen LogP contribution in [-0.4, -0.2) is 15.7 Å². The number of aryl methyl sites for hydroxylation is 1. The topological polar surface area (TPSA) is 54.7 Å². The molecule has 2 aromatic rings. The summed E-state index contributed by atoms with van der Waals surface area (Å²) in [4.78, 5) is 0. The van der Waals surface area contributed by atoms with Gasteiger partial charge in [0.15, 0.2) is 0 Å². The highest BCUT2D eigenvalue weighted by Gasteiger charge is 2.37. The standard InChI is InChI=1S/C14H17N3/c15-14(8-9-14)7-6-12-10-16-17-13(12)11-4-2-1-3-5-11/h1-5,10H,6-9,15H2,(H,16,17). The van der Waals surface area contributed by atoms with E-state index in [1.54, 1.807) is 0 Å². The Bertz CT molecular complexity index is 497. The van der Waals surface area contributed by atoms with Crippen LogP contribution < -0.4 is 5.73 Å². The second kappa shape index (κ2) is 4.00. The van der Waals surface area contributed by atoms with Gasteiger partial charge in [-0.1, -0.05) is 30.3 Å². The molecule has 0 spiro atoms. The maximum Gasteiger partial charge on any atom is 0.0682 e. The van der Waals surface area contributed by atoms with Crippen molar-refractivity contribution in [2.24, 2.45) is 5.73 Å². The number of nitrogens with zero attached hydrogens (tertiary/aromatic N) is 1. The molecule has 1 aliphatic rings. The van der Waals surface area contributed by atoms with E-state index in [9.17, 15) is 0 Å². The van der Waals surface area contributed by atoms with Gasteiger partial charge in [0.05, 0.1) is 11.9 Å². The van der Waals surface area contributed by atoms with Crippen molar-refractivity contribution in [3.63, 3.8) is 0 Å². The number of hydrogen-bond donors (Lipinski definition) is 2. The molecule has 17 heavy (non-hydrogen) atoms. The molecule has 0 atom stereocenters. The van der Waals surface area contributed by atoms with Crippen molar-refractivity contribution < 1.29 is 0 Å². The van der Waals surface area contributed by atoms with Crippen molar-refractivity contribution in [1.82, 2.24) is 10.2 Å². The normalized spacial score (nSPS) is 17.0. The van der Waals surface area contributed by atoms with E-state index < -0.39 is 0 Å². The van der Waals surface area contributed by atoms with E-state index >= 15 is 0 Å². The molecule has 1 heterocycles. The summed E-state index contributed by atoms with van der Waals surface area (Å²) in [5, 5.41) is 7.24. The van der Waals surface area contributed by atoms with Gasteiger partial charge in [-0.3, -0.25) is 5.10 Å². The average Bonchev–Trinajstić information content (AvgIpc) is 2.93. The molecule has 0 unspecified atom stereocenters. The van der Waals surface area contributed by atoms with Crippen LogP contribution in [0.1, 0.15) is 24.8 Å². The Kier molecular flexibility index (Phi) is 2.48. The van der Waals surface area contributed by atoms with Gasteiger partial charge in [-0.2, -0.15) is 5.10 Å². The third-order valence-electron chi connectivity index (χ3n) is 3.56. The van der Waals surface area contributed by atoms with E-state index in [2.05, 4.69) is 22.3 Å². The number of nitrogens with one attached hydrogen (secondary N) is 1. The van der Waals surface area contributed by atoms with Gasteiger partial charge in [0.1, 0.15) is 0 Å². The highest BCUT2D eigenvalue weighted by molar-refractivity contribution is 5.62. The van der Waals surface area contributed by atoms with Crippen LogP contribution in [0, 0.1) is 0 Å². The molecule has 0 amide bonds. The van der Waals surface area contributed by atoms with E-state index in [0.717, 1.165) is 18.5 Å². The molecule has 1 aromatic carbocycles. The van der Waals surface area contributed by atoms with Crippen LogP contribution in [-0.2, 0) is 6.42 Å². The van der Waals surface area contributed by atoms with Crippen molar-refractivity contribution >= 4 is 0 Å². The maximum absolute atomic E-state index is 6.12. The molecule has 3 heteroatoms. The van der Waals surface area contributed by atoms with Crippen LogP contribution in [0.5, 0.6) is 0 Å². The fourth-order valence-electron chi connectivity index (χ4n) is 2.15. The number of nitrogens with two attached hydrogens (primary N) is 1. The average molecular weight is 227 g/mol. The summed E-state index contributed by atoms with van der Waals surface area (Å²) < 4.78 is 0. The number of aromatic amines is 1. The smallest absolute Gasteiger partial charge is 0.0682 e. The SMILES string of the molecule is NC1(CCc2cn[nH]c2-c2ccccc2)CC1. The molecular weight excluding hydrogens is 210 g/mol. The van der Waals surface area contributed by atoms with E-state index in [0.29, 0.717) is 0 Å². The lowest BCUT2D eigenvalue weighted by Gasteiger charge is -2.08. The molecule has 0 aliphatic heterocycles. The molecule has 1 aliphatic carbocycles. The molecule has 0 radical (unpaired) electrons. The van der Waals surface area contributed by atoms with Gasteiger partial charge in [0.25, 0.3) is 0 Å². The molecule has 1 saturated carbocycles. The number of hydrogen-bond acceptors (Lipinski definition) is 2. The second-order valence-electron chi connectivity index (χ2n) is 5.00. The number of rotatable bonds is 4. The Hall–Kier alpha value is -1.61. The molecule has 0 saturated heterocycles. The molecule has 1 fully saturated rings. The minimum Gasteiger partial charge on any atom is -0.325 e. The summed E-state index contributed by atoms with van der Waals surface area (Å²) >= 11 is 0. The van der Waals surface area contributed by atoms with E-state index in [1.807, 2.05) is 24.4 Å². The lowest BCUT2D eigenvalue weighted by atomic mass is 10.0.